The Morgan fingerprint density at radius 1 is 0.844 bits per heavy atom. The van der Waals surface area contributed by atoms with Crippen LogP contribution in [0.15, 0.2) is 85.5 Å². The Morgan fingerprint density at radius 2 is 1.50 bits per heavy atom. The van der Waals surface area contributed by atoms with E-state index in [1.807, 2.05) is 63.2 Å². The summed E-state index contributed by atoms with van der Waals surface area (Å²) in [6, 6.07) is 23.0. The van der Waals surface area contributed by atoms with Gasteiger partial charge in [0.05, 0.1) is 0 Å². The zero-order valence-corrected chi connectivity index (χ0v) is 19.2. The van der Waals surface area contributed by atoms with E-state index in [0.29, 0.717) is 29.7 Å². The van der Waals surface area contributed by atoms with E-state index in [0.717, 1.165) is 17.7 Å². The molecule has 0 radical (unpaired) electrons. The van der Waals surface area contributed by atoms with Gasteiger partial charge in [-0.05, 0) is 23.1 Å². The molecule has 3 rings (SSSR count). The second-order valence-corrected chi connectivity index (χ2v) is 9.01. The van der Waals surface area contributed by atoms with Crippen molar-refractivity contribution in [3.63, 3.8) is 0 Å². The number of Topliss-reactive ketones (excluding diaryl/α,β-unsaturated/α-hetero) is 1. The first-order chi connectivity index (χ1) is 15.3. The van der Waals surface area contributed by atoms with Crippen LogP contribution in [-0.4, -0.2) is 11.6 Å². The molecular weight excluding hydrogens is 394 g/mol. The maximum absolute atomic E-state index is 13.4. The lowest BCUT2D eigenvalue weighted by atomic mass is 9.86. The third kappa shape index (κ3) is 5.68. The highest BCUT2D eigenvalue weighted by molar-refractivity contribution is 6.10. The van der Waals surface area contributed by atoms with Crippen molar-refractivity contribution in [2.75, 3.05) is 0 Å². The van der Waals surface area contributed by atoms with Gasteiger partial charge in [0.25, 0.3) is 0 Å². The Morgan fingerprint density at radius 3 is 2.12 bits per heavy atom. The van der Waals surface area contributed by atoms with Crippen molar-refractivity contribution in [1.82, 2.24) is 5.32 Å². The predicted octanol–water partition coefficient (Wildman–Crippen LogP) is 6.16. The molecule has 1 N–H and O–H groups in total. The Kier molecular flexibility index (Phi) is 7.55. The molecule has 3 heteroatoms. The SMILES string of the molecule is C=CCc1cccc(C(=O)c2ccc(C(=O)C(C)(C)C)cc2)c1CNCc1ccccc1. The Bertz CT molecular complexity index is 1090. The summed E-state index contributed by atoms with van der Waals surface area (Å²) in [7, 11) is 0. The second kappa shape index (κ2) is 10.3. The molecule has 0 aromatic heterocycles. The van der Waals surface area contributed by atoms with Crippen molar-refractivity contribution in [1.29, 1.82) is 0 Å². The highest BCUT2D eigenvalue weighted by Gasteiger charge is 2.23. The molecule has 0 saturated heterocycles. The molecule has 0 unspecified atom stereocenters. The quantitative estimate of drug-likeness (QED) is 0.330. The minimum absolute atomic E-state index is 0.0396. The minimum atomic E-state index is -0.456. The first kappa shape index (κ1) is 23.4. The molecule has 0 aliphatic carbocycles. The Labute approximate surface area is 191 Å². The monoisotopic (exact) mass is 425 g/mol. The predicted molar refractivity (Wildman–Crippen MR) is 131 cm³/mol. The first-order valence-electron chi connectivity index (χ1n) is 11.0. The summed E-state index contributed by atoms with van der Waals surface area (Å²) >= 11 is 0. The number of carbonyl (C=O) groups excluding carboxylic acids is 2. The number of hydrogen-bond acceptors (Lipinski definition) is 3. The zero-order chi connectivity index (χ0) is 23.1. The van der Waals surface area contributed by atoms with E-state index in [4.69, 9.17) is 0 Å². The minimum Gasteiger partial charge on any atom is -0.309 e. The molecule has 3 nitrogen and oxygen atoms in total. The van der Waals surface area contributed by atoms with E-state index >= 15 is 0 Å². The van der Waals surface area contributed by atoms with E-state index in [9.17, 15) is 9.59 Å². The maximum atomic E-state index is 13.4. The summed E-state index contributed by atoms with van der Waals surface area (Å²) in [5.74, 6) is 0.0254. The van der Waals surface area contributed by atoms with Crippen LogP contribution < -0.4 is 5.32 Å². The van der Waals surface area contributed by atoms with Gasteiger partial charge in [-0.3, -0.25) is 9.59 Å². The number of ketones is 2. The number of rotatable bonds is 9. The number of carbonyl (C=O) groups is 2. The van der Waals surface area contributed by atoms with Crippen LogP contribution in [0.25, 0.3) is 0 Å². The van der Waals surface area contributed by atoms with Crippen LogP contribution in [0.1, 0.15) is 63.7 Å². The van der Waals surface area contributed by atoms with Gasteiger partial charge in [-0.25, -0.2) is 0 Å². The summed E-state index contributed by atoms with van der Waals surface area (Å²) in [5, 5.41) is 3.47. The molecule has 0 bridgehead atoms. The fourth-order valence-corrected chi connectivity index (χ4v) is 3.69. The van der Waals surface area contributed by atoms with Gasteiger partial charge in [0.2, 0.25) is 0 Å². The standard InChI is InChI=1S/C29H31NO2/c1-5-10-22-13-9-14-25(26(22)20-30-19-21-11-7-6-8-12-21)27(31)23-15-17-24(18-16-23)28(32)29(2,3)4/h5-9,11-18,30H,1,10,19-20H2,2-4H3. The summed E-state index contributed by atoms with van der Waals surface area (Å²) in [5.41, 5.74) is 4.70. The van der Waals surface area contributed by atoms with Gasteiger partial charge in [0, 0.05) is 35.2 Å². The van der Waals surface area contributed by atoms with E-state index in [1.165, 1.54) is 5.56 Å². The third-order valence-corrected chi connectivity index (χ3v) is 5.45. The van der Waals surface area contributed by atoms with Crippen molar-refractivity contribution >= 4 is 11.6 Å². The van der Waals surface area contributed by atoms with Gasteiger partial charge in [-0.2, -0.15) is 0 Å². The topological polar surface area (TPSA) is 46.2 Å². The molecule has 0 fully saturated rings. The molecular formula is C29H31NO2. The smallest absolute Gasteiger partial charge is 0.193 e. The van der Waals surface area contributed by atoms with Crippen molar-refractivity contribution < 1.29 is 9.59 Å². The summed E-state index contributed by atoms with van der Waals surface area (Å²) in [6.45, 7) is 10.9. The molecule has 32 heavy (non-hydrogen) atoms. The van der Waals surface area contributed by atoms with Crippen molar-refractivity contribution in [2.45, 2.75) is 40.3 Å². The summed E-state index contributed by atoms with van der Waals surface area (Å²) < 4.78 is 0. The lowest BCUT2D eigenvalue weighted by Crippen LogP contribution is -2.20. The highest BCUT2D eigenvalue weighted by Crippen LogP contribution is 2.23. The molecule has 0 heterocycles. The lowest BCUT2D eigenvalue weighted by molar-refractivity contribution is 0.0857. The van der Waals surface area contributed by atoms with E-state index in [1.54, 1.807) is 24.3 Å². The van der Waals surface area contributed by atoms with Gasteiger partial charge in [-0.15, -0.1) is 6.58 Å². The number of hydrogen-bond donors (Lipinski definition) is 1. The third-order valence-electron chi connectivity index (χ3n) is 5.45. The maximum Gasteiger partial charge on any atom is 0.193 e. The summed E-state index contributed by atoms with van der Waals surface area (Å²) in [4.78, 5) is 25.9. The van der Waals surface area contributed by atoms with Crippen LogP contribution in [0, 0.1) is 5.41 Å². The molecule has 3 aromatic rings. The highest BCUT2D eigenvalue weighted by atomic mass is 16.1. The molecule has 0 aliphatic heterocycles. The molecule has 0 spiro atoms. The molecule has 3 aromatic carbocycles. The molecule has 0 saturated carbocycles. The van der Waals surface area contributed by atoms with Crippen LogP contribution in [0.2, 0.25) is 0 Å². The first-order valence-corrected chi connectivity index (χ1v) is 11.0. The van der Waals surface area contributed by atoms with Crippen molar-refractivity contribution in [3.05, 3.63) is 119 Å². The van der Waals surface area contributed by atoms with Gasteiger partial charge >= 0.3 is 0 Å². The van der Waals surface area contributed by atoms with Crippen molar-refractivity contribution in [3.8, 4) is 0 Å². The van der Waals surface area contributed by atoms with Crippen LogP contribution in [0.5, 0.6) is 0 Å². The van der Waals surface area contributed by atoms with Crippen LogP contribution in [-0.2, 0) is 19.5 Å². The molecule has 0 amide bonds. The van der Waals surface area contributed by atoms with Crippen LogP contribution in [0.4, 0.5) is 0 Å². The van der Waals surface area contributed by atoms with Crippen LogP contribution >= 0.6 is 0 Å². The van der Waals surface area contributed by atoms with Gasteiger partial charge in [0.15, 0.2) is 11.6 Å². The fourth-order valence-electron chi connectivity index (χ4n) is 3.69. The number of benzene rings is 3. The van der Waals surface area contributed by atoms with Crippen LogP contribution in [0.3, 0.4) is 0 Å². The second-order valence-electron chi connectivity index (χ2n) is 9.01. The number of nitrogens with one attached hydrogen (secondary N) is 1. The average Bonchev–Trinajstić information content (AvgIpc) is 2.79. The molecule has 164 valence electrons. The molecule has 0 atom stereocenters. The number of allylic oxidation sites excluding steroid dienone is 1. The zero-order valence-electron chi connectivity index (χ0n) is 19.2. The largest absolute Gasteiger partial charge is 0.309 e. The van der Waals surface area contributed by atoms with Gasteiger partial charge in [-0.1, -0.05) is 99.6 Å². The Hall–Kier alpha value is -3.30. The fraction of sp³-hybridized carbons (Fsp3) is 0.241. The lowest BCUT2D eigenvalue weighted by Gasteiger charge is -2.17. The van der Waals surface area contributed by atoms with E-state index < -0.39 is 5.41 Å². The summed E-state index contributed by atoms with van der Waals surface area (Å²) in [6.07, 6.45) is 2.56. The van der Waals surface area contributed by atoms with Gasteiger partial charge in [0.1, 0.15) is 0 Å². The normalized spacial score (nSPS) is 11.2. The average molecular weight is 426 g/mol. The van der Waals surface area contributed by atoms with Crippen molar-refractivity contribution in [2.24, 2.45) is 5.41 Å². The van der Waals surface area contributed by atoms with Gasteiger partial charge < -0.3 is 5.32 Å². The molecule has 0 aliphatic rings. The van der Waals surface area contributed by atoms with E-state index in [-0.39, 0.29) is 11.6 Å². The Balaban J connectivity index is 1.85. The van der Waals surface area contributed by atoms with E-state index in [2.05, 4.69) is 24.0 Å².